The highest BCUT2D eigenvalue weighted by atomic mass is 79.9. The number of carbonyl (C=O) groups is 1. The first-order valence-corrected chi connectivity index (χ1v) is 7.98. The minimum absolute atomic E-state index is 0.0394. The van der Waals surface area contributed by atoms with Crippen LogP contribution in [-0.2, 0) is 14.8 Å². The van der Waals surface area contributed by atoms with E-state index in [1.807, 2.05) is 13.0 Å². The van der Waals surface area contributed by atoms with Gasteiger partial charge in [-0.2, -0.15) is 0 Å². The average Bonchev–Trinajstić information content (AvgIpc) is 2.65. The number of carbonyl (C=O) groups excluding carboxylic acids is 1. The lowest BCUT2D eigenvalue weighted by Crippen LogP contribution is -2.32. The molecule has 8 heteroatoms. The van der Waals surface area contributed by atoms with Gasteiger partial charge in [0.25, 0.3) is 0 Å². The Morgan fingerprint density at radius 1 is 1.42 bits per heavy atom. The third kappa shape index (κ3) is 2.75. The zero-order valence-electron chi connectivity index (χ0n) is 10.3. The highest BCUT2D eigenvalue weighted by Gasteiger charge is 2.38. The summed E-state index contributed by atoms with van der Waals surface area (Å²) in [6.07, 6.45) is -0.107. The molecule has 0 spiro atoms. The number of anilines is 2. The van der Waals surface area contributed by atoms with Crippen molar-refractivity contribution >= 4 is 43.2 Å². The summed E-state index contributed by atoms with van der Waals surface area (Å²) in [6, 6.07) is 3.53. The molecule has 0 aromatic heterocycles. The summed E-state index contributed by atoms with van der Waals surface area (Å²) >= 11 is 3.33. The molecule has 0 radical (unpaired) electrons. The zero-order valence-corrected chi connectivity index (χ0v) is 12.7. The van der Waals surface area contributed by atoms with E-state index in [9.17, 15) is 13.2 Å². The van der Waals surface area contributed by atoms with Crippen molar-refractivity contribution in [2.24, 2.45) is 5.14 Å². The second-order valence-corrected chi connectivity index (χ2v) is 7.34. The number of nitrogen functional groups attached to an aromatic ring is 1. The van der Waals surface area contributed by atoms with Crippen LogP contribution in [0.3, 0.4) is 0 Å². The molecule has 1 amide bonds. The maximum atomic E-state index is 11.9. The Kier molecular flexibility index (Phi) is 3.59. The summed E-state index contributed by atoms with van der Waals surface area (Å²) in [7, 11) is -3.72. The van der Waals surface area contributed by atoms with Gasteiger partial charge in [0, 0.05) is 17.4 Å². The maximum absolute atomic E-state index is 11.9. The predicted octanol–water partition coefficient (Wildman–Crippen LogP) is 0.734. The minimum Gasteiger partial charge on any atom is -0.397 e. The van der Waals surface area contributed by atoms with E-state index in [0.717, 1.165) is 10.0 Å². The van der Waals surface area contributed by atoms with Crippen LogP contribution in [0.25, 0.3) is 0 Å². The molecule has 1 unspecified atom stereocenters. The number of sulfonamides is 1. The van der Waals surface area contributed by atoms with Crippen LogP contribution in [0.5, 0.6) is 0 Å². The average molecular weight is 348 g/mol. The summed E-state index contributed by atoms with van der Waals surface area (Å²) in [5, 5.41) is 4.22. The van der Waals surface area contributed by atoms with Crippen LogP contribution >= 0.6 is 15.9 Å². The molecule has 0 aliphatic carbocycles. The molecule has 1 aliphatic heterocycles. The van der Waals surface area contributed by atoms with Gasteiger partial charge >= 0.3 is 0 Å². The molecule has 1 fully saturated rings. The Bertz CT molecular complexity index is 645. The van der Waals surface area contributed by atoms with E-state index in [-0.39, 0.29) is 18.9 Å². The second kappa shape index (κ2) is 4.77. The van der Waals surface area contributed by atoms with E-state index in [2.05, 4.69) is 15.9 Å². The van der Waals surface area contributed by atoms with Crippen LogP contribution in [0.2, 0.25) is 0 Å². The van der Waals surface area contributed by atoms with Crippen molar-refractivity contribution in [2.75, 3.05) is 17.2 Å². The number of nitrogens with two attached hydrogens (primary N) is 2. The third-order valence-electron chi connectivity index (χ3n) is 3.17. The number of primary sulfonamides is 1. The van der Waals surface area contributed by atoms with Gasteiger partial charge in [0.15, 0.2) is 0 Å². The molecular weight excluding hydrogens is 334 g/mol. The van der Waals surface area contributed by atoms with Gasteiger partial charge < -0.3 is 10.6 Å². The standard InChI is InChI=1S/C11H14BrN3O3S/c1-6-2-7(12)3-9(11(6)13)15-5-8(4-10(15)16)19(14,17)18/h2-3,8H,4-5,13H2,1H3,(H2,14,17,18). The van der Waals surface area contributed by atoms with Gasteiger partial charge in [-0.15, -0.1) is 0 Å². The molecule has 104 valence electrons. The number of rotatable bonds is 2. The maximum Gasteiger partial charge on any atom is 0.228 e. The Morgan fingerprint density at radius 3 is 2.58 bits per heavy atom. The lowest BCUT2D eigenvalue weighted by molar-refractivity contribution is -0.117. The molecule has 1 aromatic rings. The monoisotopic (exact) mass is 347 g/mol. The van der Waals surface area contributed by atoms with Crippen molar-refractivity contribution in [3.63, 3.8) is 0 Å². The van der Waals surface area contributed by atoms with E-state index in [1.54, 1.807) is 6.07 Å². The Morgan fingerprint density at radius 2 is 2.05 bits per heavy atom. The molecule has 1 aliphatic rings. The van der Waals surface area contributed by atoms with Crippen molar-refractivity contribution < 1.29 is 13.2 Å². The van der Waals surface area contributed by atoms with Crippen LogP contribution in [0.15, 0.2) is 16.6 Å². The van der Waals surface area contributed by atoms with Crippen molar-refractivity contribution in [3.8, 4) is 0 Å². The quantitative estimate of drug-likeness (QED) is 0.769. The summed E-state index contributed by atoms with van der Waals surface area (Å²) in [5.74, 6) is -0.289. The van der Waals surface area contributed by atoms with E-state index in [1.165, 1.54) is 4.90 Å². The van der Waals surface area contributed by atoms with Gasteiger partial charge in [-0.1, -0.05) is 15.9 Å². The number of aryl methyl sites for hydroxylation is 1. The fourth-order valence-corrected chi connectivity index (χ4v) is 3.38. The molecule has 0 saturated carbocycles. The highest BCUT2D eigenvalue weighted by Crippen LogP contribution is 2.34. The molecule has 1 atom stereocenters. The van der Waals surface area contributed by atoms with Gasteiger partial charge in [0.1, 0.15) is 5.25 Å². The molecular formula is C11H14BrN3O3S. The van der Waals surface area contributed by atoms with Crippen LogP contribution in [0.1, 0.15) is 12.0 Å². The highest BCUT2D eigenvalue weighted by molar-refractivity contribution is 9.10. The first-order valence-electron chi connectivity index (χ1n) is 5.57. The predicted molar refractivity (Wildman–Crippen MR) is 77.2 cm³/mol. The van der Waals surface area contributed by atoms with Crippen molar-refractivity contribution in [2.45, 2.75) is 18.6 Å². The topological polar surface area (TPSA) is 106 Å². The van der Waals surface area contributed by atoms with E-state index < -0.39 is 15.3 Å². The summed E-state index contributed by atoms with van der Waals surface area (Å²) < 4.78 is 23.4. The molecule has 4 N–H and O–H groups in total. The normalized spacial score (nSPS) is 20.1. The van der Waals surface area contributed by atoms with Gasteiger partial charge in [0.2, 0.25) is 15.9 Å². The molecule has 6 nitrogen and oxygen atoms in total. The molecule has 1 aromatic carbocycles. The van der Waals surface area contributed by atoms with E-state index >= 15 is 0 Å². The van der Waals surface area contributed by atoms with Crippen molar-refractivity contribution in [1.29, 1.82) is 0 Å². The van der Waals surface area contributed by atoms with E-state index in [0.29, 0.717) is 11.4 Å². The molecule has 19 heavy (non-hydrogen) atoms. The largest absolute Gasteiger partial charge is 0.397 e. The van der Waals surface area contributed by atoms with Gasteiger partial charge in [-0.25, -0.2) is 13.6 Å². The summed E-state index contributed by atoms with van der Waals surface area (Å²) in [5.41, 5.74) is 7.75. The van der Waals surface area contributed by atoms with Gasteiger partial charge in [-0.05, 0) is 24.6 Å². The lowest BCUT2D eigenvalue weighted by Gasteiger charge is -2.20. The number of hydrogen-bond donors (Lipinski definition) is 2. The SMILES string of the molecule is Cc1cc(Br)cc(N2CC(S(N)(=O)=O)CC2=O)c1N. The summed E-state index contributed by atoms with van der Waals surface area (Å²) in [4.78, 5) is 13.3. The summed E-state index contributed by atoms with van der Waals surface area (Å²) in [6.45, 7) is 1.86. The molecule has 1 heterocycles. The Hall–Kier alpha value is -1.12. The van der Waals surface area contributed by atoms with E-state index in [4.69, 9.17) is 10.9 Å². The van der Waals surface area contributed by atoms with Crippen LogP contribution in [0.4, 0.5) is 11.4 Å². The fraction of sp³-hybridized carbons (Fsp3) is 0.364. The lowest BCUT2D eigenvalue weighted by atomic mass is 10.1. The number of hydrogen-bond acceptors (Lipinski definition) is 4. The van der Waals surface area contributed by atoms with Gasteiger partial charge in [0.05, 0.1) is 11.4 Å². The number of nitrogens with zero attached hydrogens (tertiary/aromatic N) is 1. The first-order chi connectivity index (χ1) is 8.70. The number of benzene rings is 1. The molecule has 1 saturated heterocycles. The first kappa shape index (κ1) is 14.3. The number of amides is 1. The Labute approximate surface area is 119 Å². The molecule has 2 rings (SSSR count). The van der Waals surface area contributed by atoms with Crippen molar-refractivity contribution in [1.82, 2.24) is 0 Å². The zero-order chi connectivity index (χ0) is 14.4. The fourth-order valence-electron chi connectivity index (χ4n) is 2.09. The van der Waals surface area contributed by atoms with Crippen LogP contribution in [-0.4, -0.2) is 26.1 Å². The minimum atomic E-state index is -3.72. The van der Waals surface area contributed by atoms with Crippen LogP contribution in [0, 0.1) is 6.92 Å². The van der Waals surface area contributed by atoms with Crippen molar-refractivity contribution in [3.05, 3.63) is 22.2 Å². The smallest absolute Gasteiger partial charge is 0.228 e. The second-order valence-electron chi connectivity index (χ2n) is 4.57. The van der Waals surface area contributed by atoms with Crippen LogP contribution < -0.4 is 15.8 Å². The Balaban J connectivity index is 2.41. The number of halogens is 1. The van der Waals surface area contributed by atoms with Gasteiger partial charge in [-0.3, -0.25) is 4.79 Å². The third-order valence-corrected chi connectivity index (χ3v) is 4.88. The molecule has 0 bridgehead atoms.